The molecule has 2 unspecified atom stereocenters. The number of ether oxygens (including phenoxy) is 2. The molecule has 0 bridgehead atoms. The van der Waals surface area contributed by atoms with Crippen molar-refractivity contribution in [2.45, 2.75) is 89.4 Å². The van der Waals surface area contributed by atoms with Gasteiger partial charge >= 0.3 is 6.03 Å². The average molecular weight is 738 g/mol. The van der Waals surface area contributed by atoms with Crippen LogP contribution < -0.4 is 30.3 Å². The SMILES string of the molecule is CC(C)(C)c1cc(NC(=O)NC2CCC(Oc3ccc4nnc(N5CCCCC5)n4c3)c3ccccc32)n(-c2ccc(Cl)c(OC3CCNCC3)c2)n1. The Hall–Kier alpha value is -4.81. The Morgan fingerprint density at radius 1 is 0.906 bits per heavy atom. The average Bonchev–Trinajstić information content (AvgIpc) is 3.79. The van der Waals surface area contributed by atoms with Crippen LogP contribution in [0.15, 0.2) is 66.9 Å². The summed E-state index contributed by atoms with van der Waals surface area (Å²) in [6.07, 6.45) is 8.78. The molecule has 2 saturated heterocycles. The van der Waals surface area contributed by atoms with Gasteiger partial charge in [0.1, 0.15) is 29.5 Å². The largest absolute Gasteiger partial charge is 0.489 e. The zero-order valence-corrected chi connectivity index (χ0v) is 31.4. The van der Waals surface area contributed by atoms with Crippen LogP contribution in [-0.2, 0) is 5.41 Å². The Balaban J connectivity index is 0.993. The second-order valence-electron chi connectivity index (χ2n) is 15.4. The molecule has 2 atom stereocenters. The van der Waals surface area contributed by atoms with Crippen LogP contribution >= 0.6 is 11.6 Å². The molecule has 3 N–H and O–H groups in total. The molecule has 53 heavy (non-hydrogen) atoms. The summed E-state index contributed by atoms with van der Waals surface area (Å²) in [6, 6.07) is 19.2. The van der Waals surface area contributed by atoms with Crippen molar-refractivity contribution in [3.05, 3.63) is 88.7 Å². The molecular formula is C40H48ClN9O3. The van der Waals surface area contributed by atoms with Gasteiger partial charge in [-0.25, -0.2) is 9.48 Å². The Kier molecular flexibility index (Phi) is 9.91. The topological polar surface area (TPSA) is 123 Å². The molecule has 8 rings (SSSR count). The normalized spacial score (nSPS) is 19.5. The Morgan fingerprint density at radius 2 is 1.70 bits per heavy atom. The molecule has 0 saturated carbocycles. The van der Waals surface area contributed by atoms with E-state index in [0.717, 1.165) is 98.1 Å². The van der Waals surface area contributed by atoms with Crippen molar-refractivity contribution in [3.63, 3.8) is 0 Å². The van der Waals surface area contributed by atoms with E-state index in [2.05, 4.69) is 64.0 Å². The molecule has 0 spiro atoms. The first-order chi connectivity index (χ1) is 25.7. The fourth-order valence-electron chi connectivity index (χ4n) is 7.58. The fourth-order valence-corrected chi connectivity index (χ4v) is 7.74. The van der Waals surface area contributed by atoms with Gasteiger partial charge in [-0.3, -0.25) is 9.72 Å². The van der Waals surface area contributed by atoms with Crippen molar-refractivity contribution < 1.29 is 14.3 Å². The zero-order chi connectivity index (χ0) is 36.5. The van der Waals surface area contributed by atoms with Gasteiger partial charge in [-0.2, -0.15) is 5.10 Å². The molecule has 3 aliphatic rings. The maximum atomic E-state index is 13.8. The third-order valence-electron chi connectivity index (χ3n) is 10.5. The Labute approximate surface area is 315 Å². The summed E-state index contributed by atoms with van der Waals surface area (Å²) in [5.74, 6) is 2.79. The van der Waals surface area contributed by atoms with Crippen molar-refractivity contribution in [1.29, 1.82) is 0 Å². The summed E-state index contributed by atoms with van der Waals surface area (Å²) in [5.41, 5.74) is 4.25. The highest BCUT2D eigenvalue weighted by atomic mass is 35.5. The molecule has 2 aliphatic heterocycles. The molecule has 2 amide bonds. The highest BCUT2D eigenvalue weighted by Gasteiger charge is 2.31. The second-order valence-corrected chi connectivity index (χ2v) is 15.8. The molecular weight excluding hydrogens is 690 g/mol. The number of hydrogen-bond donors (Lipinski definition) is 3. The summed E-state index contributed by atoms with van der Waals surface area (Å²) in [5, 5.41) is 24.1. The van der Waals surface area contributed by atoms with Crippen molar-refractivity contribution in [3.8, 4) is 17.2 Å². The van der Waals surface area contributed by atoms with Gasteiger partial charge in [0.2, 0.25) is 5.95 Å². The van der Waals surface area contributed by atoms with E-state index in [9.17, 15) is 4.79 Å². The van der Waals surface area contributed by atoms with Crippen molar-refractivity contribution >= 4 is 35.0 Å². The number of pyridine rings is 1. The monoisotopic (exact) mass is 737 g/mol. The van der Waals surface area contributed by atoms with Crippen LogP contribution in [0.5, 0.6) is 11.5 Å². The number of benzene rings is 2. The lowest BCUT2D eigenvalue weighted by Crippen LogP contribution is -2.36. The van der Waals surface area contributed by atoms with Crippen LogP contribution in [0.1, 0.15) is 94.7 Å². The van der Waals surface area contributed by atoms with Crippen molar-refractivity contribution in [1.82, 2.24) is 35.0 Å². The number of hydrogen-bond acceptors (Lipinski definition) is 8. The third-order valence-corrected chi connectivity index (χ3v) is 10.8. The standard InChI is InChI=1S/C40H48ClN9O3/c1-40(2,3)35-24-37(50(47-35)26-11-13-31(41)34(23-26)52-27-17-19-42-20-18-27)44-38(51)43-32-14-15-33(30-10-6-5-9-29(30)32)53-28-12-16-36-45-46-39(49(36)25-28)48-21-7-4-8-22-48/h5-6,9-13,16,23-25,27,32-33,42H,4,7-8,14-15,17-22H2,1-3H3,(H2,43,44,51). The minimum Gasteiger partial charge on any atom is -0.489 e. The first-order valence-electron chi connectivity index (χ1n) is 18.9. The lowest BCUT2D eigenvalue weighted by atomic mass is 9.85. The second kappa shape index (κ2) is 14.9. The number of aromatic nitrogens is 5. The predicted molar refractivity (Wildman–Crippen MR) is 207 cm³/mol. The van der Waals surface area contributed by atoms with E-state index in [-0.39, 0.29) is 29.7 Å². The zero-order valence-electron chi connectivity index (χ0n) is 30.6. The number of nitrogens with one attached hydrogen (secondary N) is 3. The molecule has 2 fully saturated rings. The molecule has 12 nitrogen and oxygen atoms in total. The van der Waals surface area contributed by atoms with Gasteiger partial charge in [0, 0.05) is 30.6 Å². The quantitative estimate of drug-likeness (QED) is 0.148. The van der Waals surface area contributed by atoms with Crippen molar-refractivity contribution in [2.24, 2.45) is 0 Å². The highest BCUT2D eigenvalue weighted by Crippen LogP contribution is 2.39. The minimum absolute atomic E-state index is 0.0912. The lowest BCUT2D eigenvalue weighted by molar-refractivity contribution is 0.162. The molecule has 2 aromatic carbocycles. The molecule has 5 aromatic rings. The number of anilines is 2. The van der Waals surface area contributed by atoms with Crippen LogP contribution in [0, 0.1) is 0 Å². The van der Waals surface area contributed by atoms with Gasteiger partial charge in [-0.05, 0) is 93.4 Å². The number of amides is 2. The van der Waals surface area contributed by atoms with E-state index in [4.69, 9.17) is 26.2 Å². The molecule has 5 heterocycles. The number of piperidine rings is 2. The number of rotatable bonds is 8. The number of carbonyl (C=O) groups excluding carboxylic acids is 1. The Bertz CT molecular complexity index is 2080. The molecule has 278 valence electrons. The van der Waals surface area contributed by atoms with Gasteiger partial charge < -0.3 is 25.0 Å². The van der Waals surface area contributed by atoms with Gasteiger partial charge in [-0.15, -0.1) is 10.2 Å². The highest BCUT2D eigenvalue weighted by molar-refractivity contribution is 6.32. The van der Waals surface area contributed by atoms with E-state index in [0.29, 0.717) is 23.0 Å². The molecule has 13 heteroatoms. The van der Waals surface area contributed by atoms with E-state index < -0.39 is 0 Å². The number of fused-ring (bicyclic) bond motifs is 2. The molecule has 3 aromatic heterocycles. The number of nitrogens with zero attached hydrogens (tertiary/aromatic N) is 6. The lowest BCUT2D eigenvalue weighted by Gasteiger charge is -2.32. The summed E-state index contributed by atoms with van der Waals surface area (Å²) < 4.78 is 16.8. The van der Waals surface area contributed by atoms with E-state index in [1.807, 2.05) is 59.1 Å². The summed E-state index contributed by atoms with van der Waals surface area (Å²) >= 11 is 6.60. The van der Waals surface area contributed by atoms with Crippen LogP contribution in [0.4, 0.5) is 16.6 Å². The van der Waals surface area contributed by atoms with Crippen LogP contribution in [0.2, 0.25) is 5.02 Å². The smallest absolute Gasteiger partial charge is 0.320 e. The van der Waals surface area contributed by atoms with E-state index in [1.165, 1.54) is 6.42 Å². The minimum atomic E-state index is -0.311. The first-order valence-corrected chi connectivity index (χ1v) is 19.3. The number of urea groups is 1. The fraction of sp³-hybridized carbons (Fsp3) is 0.450. The summed E-state index contributed by atoms with van der Waals surface area (Å²) in [7, 11) is 0. The van der Waals surface area contributed by atoms with E-state index >= 15 is 0 Å². The summed E-state index contributed by atoms with van der Waals surface area (Å²) in [6.45, 7) is 10.1. The summed E-state index contributed by atoms with van der Waals surface area (Å²) in [4.78, 5) is 16.1. The maximum absolute atomic E-state index is 13.8. The van der Waals surface area contributed by atoms with Crippen LogP contribution in [-0.4, -0.2) is 62.7 Å². The molecule has 1 aliphatic carbocycles. The molecule has 0 radical (unpaired) electrons. The van der Waals surface area contributed by atoms with Crippen LogP contribution in [0.25, 0.3) is 11.3 Å². The predicted octanol–water partition coefficient (Wildman–Crippen LogP) is 7.76. The van der Waals surface area contributed by atoms with Gasteiger partial charge in [0.15, 0.2) is 5.65 Å². The van der Waals surface area contributed by atoms with Crippen molar-refractivity contribution in [2.75, 3.05) is 36.4 Å². The van der Waals surface area contributed by atoms with Gasteiger partial charge in [0.05, 0.1) is 28.6 Å². The van der Waals surface area contributed by atoms with Gasteiger partial charge in [0.25, 0.3) is 0 Å². The number of halogens is 1. The van der Waals surface area contributed by atoms with E-state index in [1.54, 1.807) is 4.68 Å². The first kappa shape index (κ1) is 35.2. The number of carbonyl (C=O) groups is 1. The van der Waals surface area contributed by atoms with Crippen LogP contribution in [0.3, 0.4) is 0 Å². The van der Waals surface area contributed by atoms with Gasteiger partial charge in [-0.1, -0.05) is 56.6 Å². The maximum Gasteiger partial charge on any atom is 0.320 e. The Morgan fingerprint density at radius 3 is 2.49 bits per heavy atom. The third kappa shape index (κ3) is 7.66.